The van der Waals surface area contributed by atoms with E-state index in [9.17, 15) is 4.39 Å². The maximum absolute atomic E-state index is 13.8. The molecule has 1 aromatic carbocycles. The lowest BCUT2D eigenvalue weighted by Gasteiger charge is -2.14. The first-order valence-corrected chi connectivity index (χ1v) is 7.51. The minimum Gasteiger partial charge on any atom is -0.488 e. The Bertz CT molecular complexity index is 574. The van der Waals surface area contributed by atoms with Crippen LogP contribution in [0, 0.1) is 11.7 Å². The average molecular weight is 315 g/mol. The zero-order valence-corrected chi connectivity index (χ0v) is 12.9. The molecule has 108 valence electrons. The summed E-state index contributed by atoms with van der Waals surface area (Å²) in [5, 5.41) is 3.15. The van der Waals surface area contributed by atoms with Gasteiger partial charge < -0.3 is 10.1 Å². The van der Waals surface area contributed by atoms with Crippen LogP contribution in [0.1, 0.15) is 18.7 Å². The van der Waals surface area contributed by atoms with Crippen molar-refractivity contribution in [2.45, 2.75) is 20.4 Å². The molecule has 1 aromatic heterocycles. The van der Waals surface area contributed by atoms with E-state index >= 15 is 0 Å². The van der Waals surface area contributed by atoms with Crippen LogP contribution in [0.4, 0.5) is 10.1 Å². The molecule has 0 aliphatic carbocycles. The lowest BCUT2D eigenvalue weighted by atomic mass is 10.2. The van der Waals surface area contributed by atoms with E-state index in [-0.39, 0.29) is 11.6 Å². The standard InChI is InChI=1S/C14H16ClFN2OS/c1-9(2)8-19-13-11(16)4-3-5-12(13)17-6-10-7-18-14(15)20-10/h3-5,7,9,17H,6,8H2,1-2H3. The van der Waals surface area contributed by atoms with Crippen LogP contribution in [-0.2, 0) is 6.54 Å². The molecule has 6 heteroatoms. The smallest absolute Gasteiger partial charge is 0.183 e. The third-order valence-electron chi connectivity index (χ3n) is 2.51. The minimum absolute atomic E-state index is 0.261. The molecule has 0 saturated carbocycles. The van der Waals surface area contributed by atoms with E-state index in [1.165, 1.54) is 17.4 Å². The fraction of sp³-hybridized carbons (Fsp3) is 0.357. The van der Waals surface area contributed by atoms with Crippen LogP contribution in [0.15, 0.2) is 24.4 Å². The topological polar surface area (TPSA) is 34.1 Å². The summed E-state index contributed by atoms with van der Waals surface area (Å²) < 4.78 is 19.9. The molecule has 0 amide bonds. The Hall–Kier alpha value is -1.33. The number of aromatic nitrogens is 1. The number of anilines is 1. The van der Waals surface area contributed by atoms with Crippen LogP contribution >= 0.6 is 22.9 Å². The lowest BCUT2D eigenvalue weighted by molar-refractivity contribution is 0.260. The molecule has 0 fully saturated rings. The largest absolute Gasteiger partial charge is 0.488 e. The molecule has 0 unspecified atom stereocenters. The summed E-state index contributed by atoms with van der Waals surface area (Å²) in [5.41, 5.74) is 0.634. The van der Waals surface area contributed by atoms with Gasteiger partial charge in [-0.2, -0.15) is 0 Å². The van der Waals surface area contributed by atoms with Gasteiger partial charge in [-0.25, -0.2) is 9.37 Å². The molecule has 1 N–H and O–H groups in total. The van der Waals surface area contributed by atoms with Gasteiger partial charge in [0.2, 0.25) is 0 Å². The van der Waals surface area contributed by atoms with E-state index in [0.717, 1.165) is 4.88 Å². The van der Waals surface area contributed by atoms with E-state index in [1.54, 1.807) is 18.3 Å². The number of rotatable bonds is 6. The van der Waals surface area contributed by atoms with Crippen molar-refractivity contribution in [3.8, 4) is 5.75 Å². The Labute approximate surface area is 126 Å². The highest BCUT2D eigenvalue weighted by Crippen LogP contribution is 2.29. The Morgan fingerprint density at radius 1 is 1.45 bits per heavy atom. The SMILES string of the molecule is CC(C)COc1c(F)cccc1NCc1cnc(Cl)s1. The van der Waals surface area contributed by atoms with Gasteiger partial charge in [-0.05, 0) is 18.1 Å². The molecule has 0 atom stereocenters. The normalized spacial score (nSPS) is 10.8. The van der Waals surface area contributed by atoms with Crippen molar-refractivity contribution in [3.05, 3.63) is 39.6 Å². The first-order chi connectivity index (χ1) is 9.56. The van der Waals surface area contributed by atoms with Gasteiger partial charge in [0.25, 0.3) is 0 Å². The molecule has 0 saturated heterocycles. The zero-order valence-electron chi connectivity index (χ0n) is 11.3. The molecular weight excluding hydrogens is 299 g/mol. The second kappa shape index (κ2) is 6.90. The molecule has 2 rings (SSSR count). The van der Waals surface area contributed by atoms with Gasteiger partial charge in [-0.1, -0.05) is 31.5 Å². The van der Waals surface area contributed by atoms with E-state index in [4.69, 9.17) is 16.3 Å². The van der Waals surface area contributed by atoms with Gasteiger partial charge >= 0.3 is 0 Å². The van der Waals surface area contributed by atoms with Crippen LogP contribution in [0.2, 0.25) is 4.47 Å². The van der Waals surface area contributed by atoms with Crippen molar-refractivity contribution in [2.24, 2.45) is 5.92 Å². The van der Waals surface area contributed by atoms with E-state index in [0.29, 0.717) is 29.2 Å². The molecule has 20 heavy (non-hydrogen) atoms. The van der Waals surface area contributed by atoms with Crippen LogP contribution in [0.5, 0.6) is 5.75 Å². The molecule has 0 aliphatic rings. The number of hydrogen-bond acceptors (Lipinski definition) is 4. The van der Waals surface area contributed by atoms with Gasteiger partial charge in [0, 0.05) is 11.1 Å². The van der Waals surface area contributed by atoms with E-state index in [1.807, 2.05) is 13.8 Å². The van der Waals surface area contributed by atoms with Crippen LogP contribution in [0.3, 0.4) is 0 Å². The Morgan fingerprint density at radius 3 is 2.90 bits per heavy atom. The first kappa shape index (κ1) is 15.1. The maximum atomic E-state index is 13.8. The third-order valence-corrected chi connectivity index (χ3v) is 3.62. The summed E-state index contributed by atoms with van der Waals surface area (Å²) in [6, 6.07) is 4.84. The summed E-state index contributed by atoms with van der Waals surface area (Å²) in [6.45, 7) is 5.05. The first-order valence-electron chi connectivity index (χ1n) is 6.31. The Kier molecular flexibility index (Phi) is 5.20. The maximum Gasteiger partial charge on any atom is 0.183 e. The molecule has 2 aromatic rings. The highest BCUT2D eigenvalue weighted by molar-refractivity contribution is 7.15. The number of ether oxygens (including phenoxy) is 1. The summed E-state index contributed by atoms with van der Waals surface area (Å²) in [6.07, 6.45) is 1.70. The predicted molar refractivity (Wildman–Crippen MR) is 81.2 cm³/mol. The molecule has 0 bridgehead atoms. The summed E-state index contributed by atoms with van der Waals surface area (Å²) >= 11 is 7.17. The third kappa shape index (κ3) is 4.08. The van der Waals surface area contributed by atoms with Crippen molar-refractivity contribution >= 4 is 28.6 Å². The summed E-state index contributed by atoms with van der Waals surface area (Å²) in [5.74, 6) is 0.234. The second-order valence-electron chi connectivity index (χ2n) is 4.75. The van der Waals surface area contributed by atoms with E-state index < -0.39 is 0 Å². The van der Waals surface area contributed by atoms with Crippen molar-refractivity contribution in [2.75, 3.05) is 11.9 Å². The molecule has 1 heterocycles. The van der Waals surface area contributed by atoms with Gasteiger partial charge in [0.15, 0.2) is 16.0 Å². The van der Waals surface area contributed by atoms with Gasteiger partial charge in [-0.3, -0.25) is 0 Å². The summed E-state index contributed by atoms with van der Waals surface area (Å²) in [7, 11) is 0. The monoisotopic (exact) mass is 314 g/mol. The van der Waals surface area contributed by atoms with Gasteiger partial charge in [-0.15, -0.1) is 11.3 Å². The quantitative estimate of drug-likeness (QED) is 0.847. The van der Waals surface area contributed by atoms with Crippen LogP contribution in [0.25, 0.3) is 0 Å². The number of nitrogens with one attached hydrogen (secondary N) is 1. The minimum atomic E-state index is -0.363. The number of benzene rings is 1. The zero-order chi connectivity index (χ0) is 14.5. The van der Waals surface area contributed by atoms with Gasteiger partial charge in [0.1, 0.15) is 0 Å². The fourth-order valence-corrected chi connectivity index (χ4v) is 2.51. The molecule has 0 aliphatic heterocycles. The molecule has 0 radical (unpaired) electrons. The summed E-state index contributed by atoms with van der Waals surface area (Å²) in [4.78, 5) is 4.95. The second-order valence-corrected chi connectivity index (χ2v) is 6.45. The Balaban J connectivity index is 2.08. The average Bonchev–Trinajstić information content (AvgIpc) is 2.81. The predicted octanol–water partition coefficient (Wildman–Crippen LogP) is 4.58. The number of halogens is 2. The van der Waals surface area contributed by atoms with Crippen molar-refractivity contribution < 1.29 is 9.13 Å². The fourth-order valence-electron chi connectivity index (χ4n) is 1.59. The van der Waals surface area contributed by atoms with E-state index in [2.05, 4.69) is 10.3 Å². The van der Waals surface area contributed by atoms with Crippen LogP contribution in [-0.4, -0.2) is 11.6 Å². The molecule has 3 nitrogen and oxygen atoms in total. The number of para-hydroxylation sites is 1. The van der Waals surface area contributed by atoms with Crippen LogP contribution < -0.4 is 10.1 Å². The Morgan fingerprint density at radius 2 is 2.25 bits per heavy atom. The van der Waals surface area contributed by atoms with Crippen molar-refractivity contribution in [3.63, 3.8) is 0 Å². The lowest BCUT2D eigenvalue weighted by Crippen LogP contribution is -2.08. The number of nitrogens with zero attached hydrogens (tertiary/aromatic N) is 1. The number of hydrogen-bond donors (Lipinski definition) is 1. The van der Waals surface area contributed by atoms with Crippen molar-refractivity contribution in [1.82, 2.24) is 4.98 Å². The van der Waals surface area contributed by atoms with Crippen molar-refractivity contribution in [1.29, 1.82) is 0 Å². The number of thiazole rings is 1. The highest BCUT2D eigenvalue weighted by atomic mass is 35.5. The van der Waals surface area contributed by atoms with Gasteiger partial charge in [0.05, 0.1) is 18.8 Å². The molecular formula is C14H16ClFN2OS. The molecule has 0 spiro atoms. The highest BCUT2D eigenvalue weighted by Gasteiger charge is 2.11.